The molecule has 0 amide bonds. The van der Waals surface area contributed by atoms with Gasteiger partial charge >= 0.3 is 0 Å². The van der Waals surface area contributed by atoms with Crippen LogP contribution in [0.15, 0.2) is 29.4 Å². The van der Waals surface area contributed by atoms with Gasteiger partial charge in [0.15, 0.2) is 0 Å². The van der Waals surface area contributed by atoms with Crippen molar-refractivity contribution < 1.29 is 0 Å². The standard InChI is InChI=1S/C12H15Cl2N7/c13-5-7-21(8-6-14)11-3-1-10(2-4-11)9-15-16-12-17-19-20-18-12/h1-4,9H,5-8H2,(H2,16,17,18,19,20). The summed E-state index contributed by atoms with van der Waals surface area (Å²) >= 11 is 11.6. The van der Waals surface area contributed by atoms with E-state index in [0.29, 0.717) is 17.7 Å². The first kappa shape index (κ1) is 15.5. The van der Waals surface area contributed by atoms with Gasteiger partial charge in [0.05, 0.1) is 6.21 Å². The molecule has 0 bridgehead atoms. The predicted octanol–water partition coefficient (Wildman–Crippen LogP) is 1.93. The highest BCUT2D eigenvalue weighted by molar-refractivity contribution is 6.18. The van der Waals surface area contributed by atoms with Gasteiger partial charge in [-0.25, -0.2) is 5.43 Å². The predicted molar refractivity (Wildman–Crippen MR) is 85.5 cm³/mol. The van der Waals surface area contributed by atoms with Crippen LogP contribution in [-0.4, -0.2) is 51.7 Å². The third-order valence-corrected chi connectivity index (χ3v) is 3.03. The molecule has 0 saturated heterocycles. The van der Waals surface area contributed by atoms with Crippen molar-refractivity contribution in [3.05, 3.63) is 29.8 Å². The average molecular weight is 328 g/mol. The van der Waals surface area contributed by atoms with E-state index < -0.39 is 0 Å². The van der Waals surface area contributed by atoms with Crippen LogP contribution in [-0.2, 0) is 0 Å². The van der Waals surface area contributed by atoms with Gasteiger partial charge < -0.3 is 4.90 Å². The Balaban J connectivity index is 1.95. The Kier molecular flexibility index (Phi) is 6.23. The summed E-state index contributed by atoms with van der Waals surface area (Å²) < 4.78 is 0. The van der Waals surface area contributed by atoms with Gasteiger partial charge in [0.2, 0.25) is 0 Å². The number of rotatable bonds is 8. The molecule has 0 aliphatic heterocycles. The number of alkyl halides is 2. The molecule has 0 unspecified atom stereocenters. The lowest BCUT2D eigenvalue weighted by atomic mass is 10.2. The number of benzene rings is 1. The lowest BCUT2D eigenvalue weighted by Crippen LogP contribution is -2.27. The Morgan fingerprint density at radius 1 is 1.19 bits per heavy atom. The number of hydrogen-bond donors (Lipinski definition) is 2. The Hall–Kier alpha value is -1.86. The second kappa shape index (κ2) is 8.43. The van der Waals surface area contributed by atoms with Crippen LogP contribution in [0.2, 0.25) is 0 Å². The lowest BCUT2D eigenvalue weighted by molar-refractivity contribution is 0.874. The Morgan fingerprint density at radius 3 is 2.48 bits per heavy atom. The number of aromatic nitrogens is 4. The van der Waals surface area contributed by atoms with Crippen molar-refractivity contribution in [3.63, 3.8) is 0 Å². The Labute approximate surface area is 132 Å². The van der Waals surface area contributed by atoms with Crippen LogP contribution < -0.4 is 10.3 Å². The molecule has 0 saturated carbocycles. The fourth-order valence-electron chi connectivity index (χ4n) is 1.72. The number of nitrogens with one attached hydrogen (secondary N) is 2. The van der Waals surface area contributed by atoms with Gasteiger partial charge in [0.25, 0.3) is 5.95 Å². The second-order valence-corrected chi connectivity index (χ2v) is 4.82. The molecular weight excluding hydrogens is 313 g/mol. The van der Waals surface area contributed by atoms with Crippen LogP contribution >= 0.6 is 23.2 Å². The molecule has 9 heteroatoms. The first-order valence-corrected chi connectivity index (χ1v) is 7.40. The number of hydrogen-bond acceptors (Lipinski definition) is 6. The third-order valence-electron chi connectivity index (χ3n) is 2.69. The minimum Gasteiger partial charge on any atom is -0.369 e. The van der Waals surface area contributed by atoms with Crippen molar-refractivity contribution in [1.82, 2.24) is 20.6 Å². The van der Waals surface area contributed by atoms with Crippen molar-refractivity contribution in [2.24, 2.45) is 5.10 Å². The molecule has 1 aromatic heterocycles. The summed E-state index contributed by atoms with van der Waals surface area (Å²) in [7, 11) is 0. The van der Waals surface area contributed by atoms with E-state index in [0.717, 1.165) is 24.3 Å². The zero-order valence-electron chi connectivity index (χ0n) is 11.2. The maximum atomic E-state index is 5.80. The van der Waals surface area contributed by atoms with Gasteiger partial charge in [0, 0.05) is 30.5 Å². The molecule has 1 heterocycles. The zero-order chi connectivity index (χ0) is 14.9. The number of tetrazole rings is 1. The van der Waals surface area contributed by atoms with Gasteiger partial charge in [-0.2, -0.15) is 10.3 Å². The second-order valence-electron chi connectivity index (χ2n) is 4.06. The smallest absolute Gasteiger partial charge is 0.283 e. The number of anilines is 2. The molecule has 2 rings (SSSR count). The van der Waals surface area contributed by atoms with Crippen molar-refractivity contribution in [3.8, 4) is 0 Å². The molecule has 2 aromatic rings. The number of nitrogens with zero attached hydrogens (tertiary/aromatic N) is 5. The number of H-pyrrole nitrogens is 1. The van der Waals surface area contributed by atoms with Gasteiger partial charge in [-0.05, 0) is 22.9 Å². The molecule has 112 valence electrons. The van der Waals surface area contributed by atoms with Crippen LogP contribution in [0.5, 0.6) is 0 Å². The van der Waals surface area contributed by atoms with Crippen LogP contribution in [0.3, 0.4) is 0 Å². The molecule has 21 heavy (non-hydrogen) atoms. The molecule has 0 atom stereocenters. The molecule has 7 nitrogen and oxygen atoms in total. The summed E-state index contributed by atoms with van der Waals surface area (Å²) in [6.07, 6.45) is 1.67. The summed E-state index contributed by atoms with van der Waals surface area (Å²) in [6, 6.07) is 7.95. The highest BCUT2D eigenvalue weighted by Gasteiger charge is 2.04. The highest BCUT2D eigenvalue weighted by Crippen LogP contribution is 2.15. The fraction of sp³-hybridized carbons (Fsp3) is 0.333. The van der Waals surface area contributed by atoms with Crippen LogP contribution in [0.4, 0.5) is 11.6 Å². The van der Waals surface area contributed by atoms with Crippen LogP contribution in [0.25, 0.3) is 0 Å². The highest BCUT2D eigenvalue weighted by atomic mass is 35.5. The normalized spacial score (nSPS) is 11.0. The van der Waals surface area contributed by atoms with Crippen molar-refractivity contribution in [1.29, 1.82) is 0 Å². The number of hydrazone groups is 1. The maximum absolute atomic E-state index is 5.80. The molecular formula is C12H15Cl2N7. The molecule has 0 spiro atoms. The summed E-state index contributed by atoms with van der Waals surface area (Å²) in [4.78, 5) is 2.14. The summed E-state index contributed by atoms with van der Waals surface area (Å²) in [5.41, 5.74) is 4.69. The molecule has 0 radical (unpaired) electrons. The van der Waals surface area contributed by atoms with Crippen molar-refractivity contribution >= 4 is 41.1 Å². The minimum atomic E-state index is 0.318. The SMILES string of the molecule is ClCCN(CCCl)c1ccc(C=NNc2nn[nH]n2)cc1. The van der Waals surface area contributed by atoms with Crippen molar-refractivity contribution in [2.75, 3.05) is 35.2 Å². The van der Waals surface area contributed by atoms with Gasteiger partial charge in [-0.15, -0.1) is 28.3 Å². The Morgan fingerprint density at radius 2 is 1.90 bits per heavy atom. The van der Waals surface area contributed by atoms with Crippen LogP contribution in [0, 0.1) is 0 Å². The van der Waals surface area contributed by atoms with Crippen LogP contribution in [0.1, 0.15) is 5.56 Å². The Bertz CT molecular complexity index is 535. The molecule has 0 aliphatic carbocycles. The zero-order valence-corrected chi connectivity index (χ0v) is 12.7. The average Bonchev–Trinajstić information content (AvgIpc) is 3.01. The first-order valence-electron chi connectivity index (χ1n) is 6.33. The van der Waals surface area contributed by atoms with E-state index in [4.69, 9.17) is 23.2 Å². The molecule has 0 fully saturated rings. The van der Waals surface area contributed by atoms with E-state index in [1.165, 1.54) is 0 Å². The molecule has 1 aromatic carbocycles. The van der Waals surface area contributed by atoms with Gasteiger partial charge in [-0.3, -0.25) is 0 Å². The quantitative estimate of drug-likeness (QED) is 0.440. The van der Waals surface area contributed by atoms with E-state index in [1.807, 2.05) is 24.3 Å². The monoisotopic (exact) mass is 327 g/mol. The summed E-state index contributed by atoms with van der Waals surface area (Å²) in [5.74, 6) is 1.45. The minimum absolute atomic E-state index is 0.318. The van der Waals surface area contributed by atoms with E-state index in [1.54, 1.807) is 6.21 Å². The number of aromatic amines is 1. The maximum Gasteiger partial charge on any atom is 0.283 e. The van der Waals surface area contributed by atoms with Gasteiger partial charge in [-0.1, -0.05) is 17.2 Å². The largest absolute Gasteiger partial charge is 0.369 e. The van der Waals surface area contributed by atoms with E-state index in [-0.39, 0.29) is 0 Å². The van der Waals surface area contributed by atoms with Crippen molar-refractivity contribution in [2.45, 2.75) is 0 Å². The molecule has 2 N–H and O–H groups in total. The lowest BCUT2D eigenvalue weighted by Gasteiger charge is -2.22. The molecule has 0 aliphatic rings. The summed E-state index contributed by atoms with van der Waals surface area (Å²) in [6.45, 7) is 1.53. The number of halogens is 2. The van der Waals surface area contributed by atoms with E-state index in [9.17, 15) is 0 Å². The van der Waals surface area contributed by atoms with Gasteiger partial charge in [0.1, 0.15) is 0 Å². The fourth-order valence-corrected chi connectivity index (χ4v) is 2.13. The first-order chi connectivity index (χ1) is 10.3. The summed E-state index contributed by atoms with van der Waals surface area (Å²) in [5, 5.41) is 17.2. The third kappa shape index (κ3) is 4.87. The topological polar surface area (TPSA) is 82.1 Å². The van der Waals surface area contributed by atoms with E-state index in [2.05, 4.69) is 36.1 Å². The van der Waals surface area contributed by atoms with E-state index >= 15 is 0 Å².